The third-order valence-electron chi connectivity index (χ3n) is 2.08. The molecule has 0 aliphatic heterocycles. The van der Waals surface area contributed by atoms with Crippen LogP contribution in [0.1, 0.15) is 18.9 Å². The van der Waals surface area contributed by atoms with Gasteiger partial charge in [-0.2, -0.15) is 0 Å². The van der Waals surface area contributed by atoms with E-state index in [0.717, 1.165) is 17.7 Å². The molecule has 0 unspecified atom stereocenters. The number of hydrogen-bond acceptors (Lipinski definition) is 3. The molecule has 0 heterocycles. The molecular weight excluding hydrogens is 202 g/mol. The van der Waals surface area contributed by atoms with Gasteiger partial charge in [-0.25, -0.2) is 0 Å². The van der Waals surface area contributed by atoms with Gasteiger partial charge in [0.25, 0.3) is 0 Å². The van der Waals surface area contributed by atoms with Crippen LogP contribution in [0.2, 0.25) is 0 Å². The molecule has 0 bridgehead atoms. The maximum atomic E-state index is 9.14. The normalized spacial score (nSPS) is 11.2. The number of nitrogens with two attached hydrogens (primary N) is 1. The molecule has 0 saturated carbocycles. The standard InChI is InChI=1S/C13H17NO2/c1-3-12(8-10(2)14)16-13-7-5-4-6-11(13)9-15/h4-8,15H,2-3,9,14H2,1H3/b12-8+. The van der Waals surface area contributed by atoms with E-state index in [-0.39, 0.29) is 6.61 Å². The summed E-state index contributed by atoms with van der Waals surface area (Å²) in [6, 6.07) is 7.35. The number of benzene rings is 1. The fourth-order valence-corrected chi connectivity index (χ4v) is 1.29. The van der Waals surface area contributed by atoms with E-state index < -0.39 is 0 Å². The molecule has 1 rings (SSSR count). The highest BCUT2D eigenvalue weighted by molar-refractivity contribution is 5.34. The highest BCUT2D eigenvalue weighted by Gasteiger charge is 2.04. The number of rotatable bonds is 5. The first-order valence-corrected chi connectivity index (χ1v) is 5.19. The van der Waals surface area contributed by atoms with Crippen molar-refractivity contribution in [2.45, 2.75) is 20.0 Å². The van der Waals surface area contributed by atoms with Crippen LogP contribution < -0.4 is 10.5 Å². The van der Waals surface area contributed by atoms with E-state index in [1.165, 1.54) is 0 Å². The number of para-hydroxylation sites is 1. The molecule has 0 radical (unpaired) electrons. The lowest BCUT2D eigenvalue weighted by Crippen LogP contribution is -2.00. The van der Waals surface area contributed by atoms with Crippen molar-refractivity contribution in [2.75, 3.05) is 0 Å². The summed E-state index contributed by atoms with van der Waals surface area (Å²) in [5.41, 5.74) is 6.70. The molecule has 0 atom stereocenters. The number of ether oxygens (including phenoxy) is 1. The second kappa shape index (κ2) is 5.98. The summed E-state index contributed by atoms with van der Waals surface area (Å²) < 4.78 is 5.66. The third-order valence-corrected chi connectivity index (χ3v) is 2.08. The van der Waals surface area contributed by atoms with E-state index in [4.69, 9.17) is 15.6 Å². The van der Waals surface area contributed by atoms with E-state index in [9.17, 15) is 0 Å². The number of aliphatic hydroxyl groups excluding tert-OH is 1. The summed E-state index contributed by atoms with van der Waals surface area (Å²) in [4.78, 5) is 0. The van der Waals surface area contributed by atoms with Gasteiger partial charge < -0.3 is 15.6 Å². The van der Waals surface area contributed by atoms with E-state index in [1.807, 2.05) is 31.2 Å². The van der Waals surface area contributed by atoms with Crippen molar-refractivity contribution < 1.29 is 9.84 Å². The van der Waals surface area contributed by atoms with Crippen molar-refractivity contribution in [1.82, 2.24) is 0 Å². The lowest BCUT2D eigenvalue weighted by atomic mass is 10.2. The van der Waals surface area contributed by atoms with E-state index in [2.05, 4.69) is 6.58 Å². The highest BCUT2D eigenvalue weighted by atomic mass is 16.5. The average molecular weight is 219 g/mol. The number of allylic oxidation sites excluding steroid dienone is 2. The van der Waals surface area contributed by atoms with Crippen molar-refractivity contribution in [3.05, 3.63) is 53.9 Å². The van der Waals surface area contributed by atoms with Gasteiger partial charge in [-0.3, -0.25) is 0 Å². The van der Waals surface area contributed by atoms with E-state index in [0.29, 0.717) is 11.4 Å². The highest BCUT2D eigenvalue weighted by Crippen LogP contribution is 2.21. The molecule has 3 heteroatoms. The molecule has 86 valence electrons. The van der Waals surface area contributed by atoms with E-state index >= 15 is 0 Å². The second-order valence-corrected chi connectivity index (χ2v) is 3.41. The van der Waals surface area contributed by atoms with Gasteiger partial charge in [-0.05, 0) is 12.1 Å². The molecule has 0 fully saturated rings. The zero-order valence-corrected chi connectivity index (χ0v) is 9.44. The molecule has 0 aliphatic rings. The van der Waals surface area contributed by atoms with Crippen LogP contribution in [-0.4, -0.2) is 5.11 Å². The van der Waals surface area contributed by atoms with Crippen molar-refractivity contribution in [3.63, 3.8) is 0 Å². The zero-order chi connectivity index (χ0) is 12.0. The summed E-state index contributed by atoms with van der Waals surface area (Å²) in [5.74, 6) is 1.38. The van der Waals surface area contributed by atoms with Crippen LogP contribution >= 0.6 is 0 Å². The Balaban J connectivity index is 2.90. The lowest BCUT2D eigenvalue weighted by molar-refractivity contribution is 0.274. The van der Waals surface area contributed by atoms with Gasteiger partial charge in [-0.1, -0.05) is 31.7 Å². The predicted octanol–water partition coefficient (Wildman–Crippen LogP) is 2.32. The number of aliphatic hydroxyl groups is 1. The number of hydrogen-bond donors (Lipinski definition) is 2. The summed E-state index contributed by atoms with van der Waals surface area (Å²) in [5, 5.41) is 9.14. The monoisotopic (exact) mass is 219 g/mol. The van der Waals surface area contributed by atoms with Gasteiger partial charge in [0.1, 0.15) is 11.5 Å². The second-order valence-electron chi connectivity index (χ2n) is 3.41. The molecule has 0 spiro atoms. The van der Waals surface area contributed by atoms with Crippen molar-refractivity contribution in [1.29, 1.82) is 0 Å². The molecule has 1 aromatic carbocycles. The smallest absolute Gasteiger partial charge is 0.132 e. The molecule has 3 N–H and O–H groups in total. The Morgan fingerprint density at radius 1 is 1.50 bits per heavy atom. The first kappa shape index (κ1) is 12.3. The molecule has 0 saturated heterocycles. The van der Waals surface area contributed by atoms with Crippen LogP contribution in [0.4, 0.5) is 0 Å². The Kier molecular flexibility index (Phi) is 4.61. The molecule has 16 heavy (non-hydrogen) atoms. The molecule has 0 amide bonds. The van der Waals surface area contributed by atoms with Crippen LogP contribution in [0.3, 0.4) is 0 Å². The van der Waals surface area contributed by atoms with Crippen molar-refractivity contribution in [2.24, 2.45) is 5.73 Å². The first-order valence-electron chi connectivity index (χ1n) is 5.19. The van der Waals surface area contributed by atoms with Gasteiger partial charge in [0.15, 0.2) is 0 Å². The summed E-state index contributed by atoms with van der Waals surface area (Å²) in [6.45, 7) is 5.52. The lowest BCUT2D eigenvalue weighted by Gasteiger charge is -2.11. The Morgan fingerprint density at radius 3 is 2.75 bits per heavy atom. The zero-order valence-electron chi connectivity index (χ0n) is 9.44. The average Bonchev–Trinajstić information content (AvgIpc) is 2.28. The third kappa shape index (κ3) is 3.44. The Labute approximate surface area is 95.9 Å². The molecule has 3 nitrogen and oxygen atoms in total. The van der Waals surface area contributed by atoms with Crippen LogP contribution in [0.25, 0.3) is 0 Å². The topological polar surface area (TPSA) is 55.5 Å². The SMILES string of the molecule is C=C(N)/C=C(\CC)Oc1ccccc1CO. The van der Waals surface area contributed by atoms with Crippen molar-refractivity contribution in [3.8, 4) is 5.75 Å². The minimum Gasteiger partial charge on any atom is -0.461 e. The molecular formula is C13H17NO2. The van der Waals surface area contributed by atoms with Gasteiger partial charge >= 0.3 is 0 Å². The fourth-order valence-electron chi connectivity index (χ4n) is 1.29. The van der Waals surface area contributed by atoms with Crippen LogP contribution in [0.15, 0.2) is 48.4 Å². The minimum absolute atomic E-state index is 0.0449. The van der Waals surface area contributed by atoms with Crippen LogP contribution in [-0.2, 0) is 6.61 Å². The summed E-state index contributed by atoms with van der Waals surface area (Å²) in [7, 11) is 0. The van der Waals surface area contributed by atoms with Gasteiger partial charge in [0.2, 0.25) is 0 Å². The Hall–Kier alpha value is -1.74. The van der Waals surface area contributed by atoms with E-state index in [1.54, 1.807) is 6.08 Å². The predicted molar refractivity (Wildman–Crippen MR) is 64.7 cm³/mol. The minimum atomic E-state index is -0.0449. The maximum absolute atomic E-state index is 9.14. The Bertz CT molecular complexity index is 397. The molecule has 1 aromatic rings. The van der Waals surface area contributed by atoms with Gasteiger partial charge in [0.05, 0.1) is 6.61 Å². The van der Waals surface area contributed by atoms with Gasteiger partial charge in [-0.15, -0.1) is 0 Å². The van der Waals surface area contributed by atoms with Crippen LogP contribution in [0.5, 0.6) is 5.75 Å². The summed E-state index contributed by atoms with van der Waals surface area (Å²) >= 11 is 0. The largest absolute Gasteiger partial charge is 0.461 e. The van der Waals surface area contributed by atoms with Gasteiger partial charge in [0, 0.05) is 17.7 Å². The summed E-state index contributed by atoms with van der Waals surface area (Å²) in [6.07, 6.45) is 2.41. The molecule has 0 aromatic heterocycles. The van der Waals surface area contributed by atoms with Crippen molar-refractivity contribution >= 4 is 0 Å². The van der Waals surface area contributed by atoms with Crippen LogP contribution in [0, 0.1) is 0 Å². The fraction of sp³-hybridized carbons (Fsp3) is 0.231. The quantitative estimate of drug-likeness (QED) is 0.590. The Morgan fingerprint density at radius 2 is 2.19 bits per heavy atom. The maximum Gasteiger partial charge on any atom is 0.132 e. The first-order chi connectivity index (χ1) is 7.67. The molecule has 0 aliphatic carbocycles.